The largest absolute Gasteiger partial charge is 0.465 e. The molecule has 2 rings (SSSR count). The van der Waals surface area contributed by atoms with E-state index >= 15 is 0 Å². The summed E-state index contributed by atoms with van der Waals surface area (Å²) in [6, 6.07) is 0. The number of allylic oxidation sites excluding steroid dienone is 8. The lowest BCUT2D eigenvalue weighted by atomic mass is 9.94. The summed E-state index contributed by atoms with van der Waals surface area (Å²) in [4.78, 5) is 23.9. The Bertz CT molecular complexity index is 640. The van der Waals surface area contributed by atoms with Crippen LogP contribution in [0.5, 0.6) is 0 Å². The topological polar surface area (TPSA) is 52.6 Å². The Labute approximate surface area is 123 Å². The fourth-order valence-corrected chi connectivity index (χ4v) is 2.10. The van der Waals surface area contributed by atoms with E-state index in [1.54, 1.807) is 12.2 Å². The van der Waals surface area contributed by atoms with Gasteiger partial charge in [0.2, 0.25) is 0 Å². The second kappa shape index (κ2) is 6.70. The fraction of sp³-hybridized carbons (Fsp3) is 0.176. The zero-order valence-electron chi connectivity index (χ0n) is 12.0. The Morgan fingerprint density at radius 1 is 0.857 bits per heavy atom. The number of methoxy groups -OCH3 is 2. The second-order valence-corrected chi connectivity index (χ2v) is 4.53. The molecular weight excluding hydrogens is 268 g/mol. The predicted molar refractivity (Wildman–Crippen MR) is 79.3 cm³/mol. The highest BCUT2D eigenvalue weighted by Gasteiger charge is 2.21. The summed E-state index contributed by atoms with van der Waals surface area (Å²) in [6.45, 7) is 0. The predicted octanol–water partition coefficient (Wildman–Crippen LogP) is 2.57. The van der Waals surface area contributed by atoms with Gasteiger partial charge in [0.05, 0.1) is 25.4 Å². The molecule has 0 heterocycles. The van der Waals surface area contributed by atoms with Gasteiger partial charge >= 0.3 is 11.9 Å². The summed E-state index contributed by atoms with van der Waals surface area (Å²) in [5, 5.41) is 0. The highest BCUT2D eigenvalue weighted by atomic mass is 16.5. The Kier molecular flexibility index (Phi) is 4.72. The number of hydrogen-bond acceptors (Lipinski definition) is 4. The van der Waals surface area contributed by atoms with Crippen molar-refractivity contribution in [1.82, 2.24) is 0 Å². The number of carbonyl (C=O) groups excluding carboxylic acids is 2. The molecule has 4 heteroatoms. The monoisotopic (exact) mass is 284 g/mol. The fourth-order valence-electron chi connectivity index (χ4n) is 2.10. The van der Waals surface area contributed by atoms with Crippen LogP contribution in [0.2, 0.25) is 0 Å². The Balaban J connectivity index is 2.64. The first kappa shape index (κ1) is 14.8. The van der Waals surface area contributed by atoms with Gasteiger partial charge < -0.3 is 9.47 Å². The summed E-state index contributed by atoms with van der Waals surface area (Å²) in [7, 11) is 2.57. The molecule has 0 saturated heterocycles. The quantitative estimate of drug-likeness (QED) is 0.731. The van der Waals surface area contributed by atoms with Crippen LogP contribution in [0.25, 0.3) is 0 Å². The molecule has 2 bridgehead atoms. The van der Waals surface area contributed by atoms with Crippen molar-refractivity contribution in [1.29, 1.82) is 0 Å². The second-order valence-electron chi connectivity index (χ2n) is 4.53. The summed E-state index contributed by atoms with van der Waals surface area (Å²) >= 11 is 0. The van der Waals surface area contributed by atoms with Crippen LogP contribution in [0, 0.1) is 0 Å². The molecule has 0 spiro atoms. The van der Waals surface area contributed by atoms with Crippen LogP contribution in [-0.2, 0) is 19.1 Å². The van der Waals surface area contributed by atoms with Gasteiger partial charge in [0.1, 0.15) is 0 Å². The van der Waals surface area contributed by atoms with E-state index in [1.807, 2.05) is 36.5 Å². The van der Waals surface area contributed by atoms with Crippen molar-refractivity contribution in [3.05, 3.63) is 70.9 Å². The Morgan fingerprint density at radius 2 is 1.57 bits per heavy atom. The van der Waals surface area contributed by atoms with E-state index in [4.69, 9.17) is 9.47 Å². The van der Waals surface area contributed by atoms with E-state index in [-0.39, 0.29) is 11.1 Å². The SMILES string of the molecule is COC(=O)C1=C(C(=O)OC)/C=C2/C=C/C=C/C=C(/C=C\1)C2. The minimum absolute atomic E-state index is 0.186. The van der Waals surface area contributed by atoms with Crippen LogP contribution in [0.4, 0.5) is 0 Å². The van der Waals surface area contributed by atoms with Gasteiger partial charge in [-0.15, -0.1) is 0 Å². The van der Waals surface area contributed by atoms with Crippen LogP contribution in [0.1, 0.15) is 6.42 Å². The number of ether oxygens (including phenoxy) is 2. The van der Waals surface area contributed by atoms with Gasteiger partial charge in [0.15, 0.2) is 0 Å². The Hall–Kier alpha value is -2.62. The van der Waals surface area contributed by atoms with Crippen molar-refractivity contribution in [3.8, 4) is 0 Å². The molecule has 4 nitrogen and oxygen atoms in total. The van der Waals surface area contributed by atoms with Gasteiger partial charge in [-0.1, -0.05) is 36.5 Å². The highest BCUT2D eigenvalue weighted by Crippen LogP contribution is 2.24. The standard InChI is InChI=1S/C17H16O4/c1-20-16(18)14-9-8-12-6-4-3-5-7-13(10-12)11-15(14)17(19)21-2/h3-9,11H,10H2,1-2H3/b4-3+,5-3?,6-4?,7-5+,9-8-,12-6-,12-8?,13-7?,13-11-,14-9?,15-11?,15-14-. The van der Waals surface area contributed by atoms with Crippen LogP contribution in [-0.4, -0.2) is 26.2 Å². The van der Waals surface area contributed by atoms with Crippen molar-refractivity contribution < 1.29 is 19.1 Å². The van der Waals surface area contributed by atoms with Crippen LogP contribution >= 0.6 is 0 Å². The van der Waals surface area contributed by atoms with E-state index in [0.29, 0.717) is 6.42 Å². The normalized spacial score (nSPS) is 30.0. The third-order valence-corrected chi connectivity index (χ3v) is 3.15. The molecule has 0 aliphatic heterocycles. The molecular formula is C17H16O4. The summed E-state index contributed by atoms with van der Waals surface area (Å²) in [5.74, 6) is -1.13. The molecule has 0 N–H and O–H groups in total. The molecule has 0 amide bonds. The number of hydrogen-bond donors (Lipinski definition) is 0. The highest BCUT2D eigenvalue weighted by molar-refractivity contribution is 6.04. The van der Waals surface area contributed by atoms with Gasteiger partial charge in [-0.3, -0.25) is 0 Å². The first-order chi connectivity index (χ1) is 10.2. The summed E-state index contributed by atoms with van der Waals surface area (Å²) < 4.78 is 9.52. The van der Waals surface area contributed by atoms with Gasteiger partial charge in [-0.2, -0.15) is 0 Å². The van der Waals surface area contributed by atoms with Crippen molar-refractivity contribution >= 4 is 11.9 Å². The lowest BCUT2D eigenvalue weighted by Crippen LogP contribution is -2.13. The number of rotatable bonds is 2. The molecule has 0 radical (unpaired) electrons. The maximum Gasteiger partial charge on any atom is 0.338 e. The van der Waals surface area contributed by atoms with Gasteiger partial charge in [0.25, 0.3) is 0 Å². The molecule has 0 aromatic rings. The zero-order valence-corrected chi connectivity index (χ0v) is 12.0. The van der Waals surface area contributed by atoms with E-state index in [0.717, 1.165) is 11.1 Å². The molecule has 0 unspecified atom stereocenters. The summed E-state index contributed by atoms with van der Waals surface area (Å²) in [5.41, 5.74) is 2.33. The maximum absolute atomic E-state index is 12.0. The number of esters is 2. The first-order valence-electron chi connectivity index (χ1n) is 6.49. The van der Waals surface area contributed by atoms with E-state index < -0.39 is 11.9 Å². The minimum Gasteiger partial charge on any atom is -0.465 e. The molecule has 0 atom stereocenters. The lowest BCUT2D eigenvalue weighted by Gasteiger charge is -2.13. The third kappa shape index (κ3) is 3.48. The molecule has 108 valence electrons. The van der Waals surface area contributed by atoms with Crippen molar-refractivity contribution in [2.24, 2.45) is 0 Å². The van der Waals surface area contributed by atoms with E-state index in [1.165, 1.54) is 14.2 Å². The van der Waals surface area contributed by atoms with Gasteiger partial charge in [0, 0.05) is 0 Å². The van der Waals surface area contributed by atoms with Gasteiger partial charge in [-0.25, -0.2) is 9.59 Å². The Morgan fingerprint density at radius 3 is 2.29 bits per heavy atom. The average molecular weight is 284 g/mol. The third-order valence-electron chi connectivity index (χ3n) is 3.15. The average Bonchev–Trinajstić information content (AvgIpc) is 2.44. The van der Waals surface area contributed by atoms with Crippen LogP contribution in [0.3, 0.4) is 0 Å². The molecule has 0 saturated carbocycles. The minimum atomic E-state index is -0.569. The van der Waals surface area contributed by atoms with E-state index in [9.17, 15) is 9.59 Å². The lowest BCUT2D eigenvalue weighted by molar-refractivity contribution is -0.138. The molecule has 21 heavy (non-hydrogen) atoms. The number of fused-ring (bicyclic) bond motifs is 2. The van der Waals surface area contributed by atoms with E-state index in [2.05, 4.69) is 0 Å². The van der Waals surface area contributed by atoms with Crippen molar-refractivity contribution in [3.63, 3.8) is 0 Å². The van der Waals surface area contributed by atoms with Crippen LogP contribution < -0.4 is 0 Å². The zero-order chi connectivity index (χ0) is 15.2. The number of carbonyl (C=O) groups is 2. The molecule has 0 fully saturated rings. The smallest absolute Gasteiger partial charge is 0.338 e. The van der Waals surface area contributed by atoms with Crippen LogP contribution in [0.15, 0.2) is 70.9 Å². The van der Waals surface area contributed by atoms with Gasteiger partial charge in [-0.05, 0) is 29.7 Å². The molecule has 0 aromatic heterocycles. The molecule has 2 aliphatic rings. The van der Waals surface area contributed by atoms with Crippen molar-refractivity contribution in [2.75, 3.05) is 14.2 Å². The van der Waals surface area contributed by atoms with Crippen molar-refractivity contribution in [2.45, 2.75) is 6.42 Å². The maximum atomic E-state index is 12.0. The summed E-state index contributed by atoms with van der Waals surface area (Å²) in [6.07, 6.45) is 15.3. The first-order valence-corrected chi connectivity index (χ1v) is 6.49. The molecule has 0 aromatic carbocycles. The molecule has 2 aliphatic carbocycles.